The van der Waals surface area contributed by atoms with Crippen molar-refractivity contribution in [3.8, 4) is 17.1 Å². The molecular formula is C24H24F4N6O3S2. The molecule has 39 heavy (non-hydrogen) atoms. The van der Waals surface area contributed by atoms with Gasteiger partial charge in [0.05, 0.1) is 46.4 Å². The molecule has 1 amide bonds. The molecule has 4 aromatic rings. The molecule has 1 fully saturated rings. The zero-order chi connectivity index (χ0) is 27.7. The van der Waals surface area contributed by atoms with Crippen molar-refractivity contribution in [3.05, 3.63) is 46.6 Å². The summed E-state index contributed by atoms with van der Waals surface area (Å²) in [5.41, 5.74) is -3.59. The Balaban J connectivity index is 1.42. The van der Waals surface area contributed by atoms with Crippen LogP contribution in [0.5, 0.6) is 5.75 Å². The van der Waals surface area contributed by atoms with Crippen molar-refractivity contribution in [1.29, 1.82) is 0 Å². The number of ether oxygens (including phenoxy) is 1. The fourth-order valence-corrected chi connectivity index (χ4v) is 5.82. The van der Waals surface area contributed by atoms with Crippen molar-refractivity contribution in [2.75, 3.05) is 32.6 Å². The Labute approximate surface area is 228 Å². The number of likely N-dealkylation sites (tertiary alicyclic amines) is 1. The minimum absolute atomic E-state index is 0.0185. The molecule has 0 saturated carbocycles. The highest BCUT2D eigenvalue weighted by Crippen LogP contribution is 2.44. The molecule has 0 aliphatic carbocycles. The number of nitrogens with zero attached hydrogens (tertiary/aromatic N) is 4. The maximum absolute atomic E-state index is 14.7. The standard InChI is InChI=1S/C24H24F4N6O3S2/c1-33-7-5-16(15(25)11-33)30-17-4-3-6-34-18(17)9-14(23(34)39-24(26,27)28)21-31-20(37-32-21)10-29-22(35)19-8-13(36-2)12-38-19/h3-4,6,8-9,12,15-16,30H,5,7,10-11H2,1-2H3,(H,29,35)/t15-,16+/m0/s1. The van der Waals surface area contributed by atoms with E-state index >= 15 is 0 Å². The summed E-state index contributed by atoms with van der Waals surface area (Å²) < 4.78 is 67.1. The number of thioether (sulfide) groups is 1. The lowest BCUT2D eigenvalue weighted by Crippen LogP contribution is -2.46. The van der Waals surface area contributed by atoms with Crippen LogP contribution in [0.4, 0.5) is 23.2 Å². The number of aromatic nitrogens is 3. The number of rotatable bonds is 8. The summed E-state index contributed by atoms with van der Waals surface area (Å²) in [5.74, 6) is 0.111. The molecule has 15 heteroatoms. The number of carbonyl (C=O) groups excluding carboxylic acids is 1. The monoisotopic (exact) mass is 584 g/mol. The molecule has 5 rings (SSSR count). The summed E-state index contributed by atoms with van der Waals surface area (Å²) in [7, 11) is 3.33. The van der Waals surface area contributed by atoms with Gasteiger partial charge in [0.15, 0.2) is 0 Å². The largest absolute Gasteiger partial charge is 0.496 e. The second-order valence-electron chi connectivity index (χ2n) is 8.95. The van der Waals surface area contributed by atoms with Gasteiger partial charge in [0, 0.05) is 42.5 Å². The number of carbonyl (C=O) groups is 1. The number of anilines is 1. The van der Waals surface area contributed by atoms with Gasteiger partial charge >= 0.3 is 5.51 Å². The molecule has 9 nitrogen and oxygen atoms in total. The van der Waals surface area contributed by atoms with Crippen LogP contribution in [0.1, 0.15) is 22.0 Å². The van der Waals surface area contributed by atoms with Crippen LogP contribution < -0.4 is 15.4 Å². The first-order valence-electron chi connectivity index (χ1n) is 11.8. The van der Waals surface area contributed by atoms with E-state index in [0.717, 1.165) is 0 Å². The summed E-state index contributed by atoms with van der Waals surface area (Å²) >= 11 is 0.891. The van der Waals surface area contributed by atoms with Gasteiger partial charge in [-0.2, -0.15) is 18.2 Å². The summed E-state index contributed by atoms with van der Waals surface area (Å²) in [5, 5.41) is 11.2. The minimum Gasteiger partial charge on any atom is -0.496 e. The van der Waals surface area contributed by atoms with Gasteiger partial charge in [0.25, 0.3) is 5.91 Å². The Morgan fingerprint density at radius 2 is 2.18 bits per heavy atom. The maximum Gasteiger partial charge on any atom is 0.447 e. The zero-order valence-electron chi connectivity index (χ0n) is 20.8. The maximum atomic E-state index is 14.7. The molecule has 2 N–H and O–H groups in total. The smallest absolute Gasteiger partial charge is 0.447 e. The molecule has 1 aliphatic heterocycles. The van der Waals surface area contributed by atoms with Crippen molar-refractivity contribution in [2.45, 2.75) is 35.7 Å². The van der Waals surface area contributed by atoms with E-state index in [1.807, 2.05) is 11.9 Å². The van der Waals surface area contributed by atoms with Crippen molar-refractivity contribution < 1.29 is 31.6 Å². The number of halogens is 4. The van der Waals surface area contributed by atoms with Crippen LogP contribution in [-0.2, 0) is 6.54 Å². The third-order valence-corrected chi connectivity index (χ3v) is 7.95. The number of piperidine rings is 1. The number of pyridine rings is 1. The third kappa shape index (κ3) is 6.15. The first-order chi connectivity index (χ1) is 18.6. The van der Waals surface area contributed by atoms with E-state index in [2.05, 4.69) is 20.8 Å². The lowest BCUT2D eigenvalue weighted by atomic mass is 10.0. The second-order valence-corrected chi connectivity index (χ2v) is 10.9. The quantitative estimate of drug-likeness (QED) is 0.219. The molecule has 4 aromatic heterocycles. The van der Waals surface area contributed by atoms with Gasteiger partial charge in [-0.1, -0.05) is 5.16 Å². The van der Waals surface area contributed by atoms with Gasteiger partial charge in [0.1, 0.15) is 11.9 Å². The van der Waals surface area contributed by atoms with Crippen molar-refractivity contribution in [3.63, 3.8) is 0 Å². The average Bonchev–Trinajstić information content (AvgIpc) is 3.63. The topological polar surface area (TPSA) is 96.9 Å². The number of hydrogen-bond donors (Lipinski definition) is 2. The van der Waals surface area contributed by atoms with Crippen LogP contribution in [0, 0.1) is 0 Å². The Kier molecular flexibility index (Phi) is 7.73. The highest BCUT2D eigenvalue weighted by atomic mass is 32.2. The molecule has 0 bridgehead atoms. The van der Waals surface area contributed by atoms with Gasteiger partial charge in [-0.05, 0) is 31.7 Å². The molecule has 2 atom stereocenters. The van der Waals surface area contributed by atoms with Crippen LogP contribution in [0.15, 0.2) is 45.4 Å². The third-order valence-electron chi connectivity index (χ3n) is 6.21. The summed E-state index contributed by atoms with van der Waals surface area (Å²) in [6.45, 7) is 0.845. The van der Waals surface area contributed by atoms with Crippen molar-refractivity contribution in [2.24, 2.45) is 0 Å². The molecule has 208 valence electrons. The fraction of sp³-hybridized carbons (Fsp3) is 0.375. The molecule has 5 heterocycles. The molecule has 1 saturated heterocycles. The molecule has 1 aliphatic rings. The van der Waals surface area contributed by atoms with Crippen LogP contribution in [0.25, 0.3) is 16.9 Å². The molecule has 0 aromatic carbocycles. The first-order valence-corrected chi connectivity index (χ1v) is 13.5. The van der Waals surface area contributed by atoms with Crippen molar-refractivity contribution >= 4 is 40.2 Å². The molecular weight excluding hydrogens is 560 g/mol. The second kappa shape index (κ2) is 11.1. The van der Waals surface area contributed by atoms with E-state index in [1.54, 1.807) is 23.6 Å². The predicted molar refractivity (Wildman–Crippen MR) is 139 cm³/mol. The summed E-state index contributed by atoms with van der Waals surface area (Å²) in [4.78, 5) is 18.9. The highest BCUT2D eigenvalue weighted by molar-refractivity contribution is 8.00. The average molecular weight is 585 g/mol. The van der Waals surface area contributed by atoms with E-state index < -0.39 is 17.7 Å². The Bertz CT molecular complexity index is 1470. The highest BCUT2D eigenvalue weighted by Gasteiger charge is 2.34. The minimum atomic E-state index is -4.59. The van der Waals surface area contributed by atoms with Crippen LogP contribution in [0.2, 0.25) is 0 Å². The number of methoxy groups -OCH3 is 1. The Hall–Kier alpha value is -3.30. The van der Waals surface area contributed by atoms with E-state index in [-0.39, 0.29) is 53.1 Å². The number of fused-ring (bicyclic) bond motifs is 1. The van der Waals surface area contributed by atoms with E-state index in [0.29, 0.717) is 34.8 Å². The normalized spacial score (nSPS) is 18.4. The van der Waals surface area contributed by atoms with Crippen LogP contribution >= 0.6 is 23.1 Å². The van der Waals surface area contributed by atoms with Crippen LogP contribution in [0.3, 0.4) is 0 Å². The van der Waals surface area contributed by atoms with Crippen molar-refractivity contribution in [1.82, 2.24) is 24.8 Å². The van der Waals surface area contributed by atoms with Gasteiger partial charge in [-0.15, -0.1) is 11.3 Å². The first kappa shape index (κ1) is 27.3. The van der Waals surface area contributed by atoms with E-state index in [1.165, 1.54) is 35.1 Å². The number of hydrogen-bond acceptors (Lipinski definition) is 9. The SMILES string of the molecule is COc1csc(C(=O)NCc2nc(-c3cc4c(N[C@@H]5CCN(C)C[C@@H]5F)cccn4c3SC(F)(F)F)no2)c1. The number of nitrogens with one attached hydrogen (secondary N) is 2. The van der Waals surface area contributed by atoms with Gasteiger partial charge in [-0.3, -0.25) is 4.79 Å². The van der Waals surface area contributed by atoms with Gasteiger partial charge in [0.2, 0.25) is 11.7 Å². The van der Waals surface area contributed by atoms with Gasteiger partial charge < -0.3 is 29.2 Å². The van der Waals surface area contributed by atoms with Gasteiger partial charge in [-0.25, -0.2) is 4.39 Å². The molecule has 0 radical (unpaired) electrons. The van der Waals surface area contributed by atoms with Crippen LogP contribution in [-0.4, -0.2) is 70.3 Å². The van der Waals surface area contributed by atoms with E-state index in [4.69, 9.17) is 9.26 Å². The molecule has 0 unspecified atom stereocenters. The van der Waals surface area contributed by atoms with E-state index in [9.17, 15) is 22.4 Å². The fourth-order valence-electron chi connectivity index (χ4n) is 4.31. The number of alkyl halides is 4. The number of thiophene rings is 1. The lowest BCUT2D eigenvalue weighted by molar-refractivity contribution is -0.0329. The summed E-state index contributed by atoms with van der Waals surface area (Å²) in [6, 6.07) is 5.91. The number of amides is 1. The lowest BCUT2D eigenvalue weighted by Gasteiger charge is -2.33. The molecule has 0 spiro atoms. The Morgan fingerprint density at radius 1 is 1.36 bits per heavy atom. The zero-order valence-corrected chi connectivity index (χ0v) is 22.4. The Morgan fingerprint density at radius 3 is 2.90 bits per heavy atom. The summed E-state index contributed by atoms with van der Waals surface area (Å²) in [6.07, 6.45) is 0.915. The predicted octanol–water partition coefficient (Wildman–Crippen LogP) is 5.06.